The molecule has 0 bridgehead atoms. The third kappa shape index (κ3) is 6.05. The highest BCUT2D eigenvalue weighted by atomic mass is 14.4. The number of hydrogen-bond donors (Lipinski definition) is 0. The molecule has 0 N–H and O–H groups in total. The maximum Gasteiger partial charge on any atom is 0.0159 e. The minimum atomic E-state index is -0.0448. The number of fused-ring (bicyclic) bond motifs is 4. The van der Waals surface area contributed by atoms with Crippen molar-refractivity contribution in [1.29, 1.82) is 0 Å². The van der Waals surface area contributed by atoms with Crippen LogP contribution in [0.25, 0.3) is 66.4 Å². The Kier molecular flexibility index (Phi) is 8.17. The Morgan fingerprint density at radius 2 is 0.750 bits per heavy atom. The van der Waals surface area contributed by atoms with Gasteiger partial charge in [-0.2, -0.15) is 0 Å². The van der Waals surface area contributed by atoms with E-state index < -0.39 is 0 Å². The summed E-state index contributed by atoms with van der Waals surface area (Å²) in [5.41, 5.74) is 18.5. The van der Waals surface area contributed by atoms with Crippen LogP contribution in [-0.4, -0.2) is 0 Å². The minimum absolute atomic E-state index is 0.0448. The van der Waals surface area contributed by atoms with Gasteiger partial charge in [0.05, 0.1) is 0 Å². The number of hydrogen-bond acceptors (Lipinski definition) is 0. The summed E-state index contributed by atoms with van der Waals surface area (Å²) < 4.78 is 0. The molecule has 0 saturated carbocycles. The van der Waals surface area contributed by atoms with E-state index in [9.17, 15) is 0 Å². The largest absolute Gasteiger partial charge is 0.0622 e. The van der Waals surface area contributed by atoms with Crippen molar-refractivity contribution in [2.75, 3.05) is 0 Å². The van der Waals surface area contributed by atoms with E-state index in [0.717, 1.165) is 19.3 Å². The minimum Gasteiger partial charge on any atom is -0.0622 e. The fourth-order valence-electron chi connectivity index (χ4n) is 8.19. The first-order chi connectivity index (χ1) is 25.5. The molecule has 1 aliphatic rings. The van der Waals surface area contributed by atoms with E-state index in [1.165, 1.54) is 88.7 Å². The van der Waals surface area contributed by atoms with Crippen LogP contribution in [-0.2, 0) is 18.3 Å². The standard InChI is InChI=1S/C52H42/c1-52(2)50-33-37(10-8-9-36-15-18-40(19-16-36)42-22-20-41(21-23-42)38-11-4-3-5-12-38)17-31-48(50)49-32-30-47(35-51(49)52)44-26-24-43(25-27-44)46-29-28-39-13-6-7-14-45(39)34-46/h3-7,11-35H,8-10H2,1-2H3. The zero-order valence-corrected chi connectivity index (χ0v) is 29.9. The highest BCUT2D eigenvalue weighted by Crippen LogP contribution is 2.50. The molecule has 0 heteroatoms. The molecule has 0 fully saturated rings. The van der Waals surface area contributed by atoms with Crippen molar-refractivity contribution in [2.24, 2.45) is 0 Å². The molecule has 8 aromatic rings. The molecule has 250 valence electrons. The average Bonchev–Trinajstić information content (AvgIpc) is 3.43. The molecule has 0 unspecified atom stereocenters. The molecule has 52 heavy (non-hydrogen) atoms. The van der Waals surface area contributed by atoms with Crippen LogP contribution in [0, 0.1) is 0 Å². The third-order valence-electron chi connectivity index (χ3n) is 11.3. The predicted octanol–water partition coefficient (Wildman–Crippen LogP) is 14.0. The van der Waals surface area contributed by atoms with Gasteiger partial charge in [-0.05, 0) is 120 Å². The maximum absolute atomic E-state index is 2.48. The first-order valence-electron chi connectivity index (χ1n) is 18.6. The van der Waals surface area contributed by atoms with Crippen LogP contribution in [0.5, 0.6) is 0 Å². The van der Waals surface area contributed by atoms with Crippen LogP contribution >= 0.6 is 0 Å². The molecule has 0 aliphatic heterocycles. The van der Waals surface area contributed by atoms with Gasteiger partial charge in [0.15, 0.2) is 0 Å². The molecule has 0 aromatic heterocycles. The van der Waals surface area contributed by atoms with Gasteiger partial charge in [-0.1, -0.05) is 184 Å². The lowest BCUT2D eigenvalue weighted by molar-refractivity contribution is 0.658. The van der Waals surface area contributed by atoms with E-state index in [1.54, 1.807) is 0 Å². The van der Waals surface area contributed by atoms with Crippen LogP contribution in [0.3, 0.4) is 0 Å². The fourth-order valence-corrected chi connectivity index (χ4v) is 8.19. The van der Waals surface area contributed by atoms with Gasteiger partial charge in [0.25, 0.3) is 0 Å². The molecule has 0 nitrogen and oxygen atoms in total. The Labute approximate surface area is 308 Å². The lowest BCUT2D eigenvalue weighted by Crippen LogP contribution is -2.15. The van der Waals surface area contributed by atoms with E-state index in [4.69, 9.17) is 0 Å². The molecule has 0 saturated heterocycles. The molecule has 8 aromatic carbocycles. The maximum atomic E-state index is 2.48. The van der Waals surface area contributed by atoms with Gasteiger partial charge in [0.2, 0.25) is 0 Å². The van der Waals surface area contributed by atoms with Crippen LogP contribution in [0.15, 0.2) is 182 Å². The molecule has 0 radical (unpaired) electrons. The van der Waals surface area contributed by atoms with Crippen molar-refractivity contribution in [1.82, 2.24) is 0 Å². The molecule has 0 heterocycles. The molecular formula is C52H42. The van der Waals surface area contributed by atoms with Gasteiger partial charge in [0, 0.05) is 5.41 Å². The Morgan fingerprint density at radius 1 is 0.327 bits per heavy atom. The Hall–Kier alpha value is -5.98. The molecule has 0 spiro atoms. The summed E-state index contributed by atoms with van der Waals surface area (Å²) in [4.78, 5) is 0. The topological polar surface area (TPSA) is 0 Å². The van der Waals surface area contributed by atoms with E-state index >= 15 is 0 Å². The van der Waals surface area contributed by atoms with Crippen LogP contribution in [0.4, 0.5) is 0 Å². The second-order valence-corrected chi connectivity index (χ2v) is 14.9. The predicted molar refractivity (Wildman–Crippen MR) is 222 cm³/mol. The van der Waals surface area contributed by atoms with E-state index in [2.05, 4.69) is 196 Å². The molecular weight excluding hydrogens is 625 g/mol. The van der Waals surface area contributed by atoms with Gasteiger partial charge >= 0.3 is 0 Å². The summed E-state index contributed by atoms with van der Waals surface area (Å²) >= 11 is 0. The Morgan fingerprint density at radius 3 is 1.40 bits per heavy atom. The highest BCUT2D eigenvalue weighted by molar-refractivity contribution is 5.88. The smallest absolute Gasteiger partial charge is 0.0159 e. The van der Waals surface area contributed by atoms with Gasteiger partial charge in [-0.3, -0.25) is 0 Å². The van der Waals surface area contributed by atoms with Crippen molar-refractivity contribution < 1.29 is 0 Å². The second-order valence-electron chi connectivity index (χ2n) is 14.9. The third-order valence-corrected chi connectivity index (χ3v) is 11.3. The van der Waals surface area contributed by atoms with Gasteiger partial charge in [-0.25, -0.2) is 0 Å². The zero-order chi connectivity index (χ0) is 35.1. The normalized spacial score (nSPS) is 12.8. The van der Waals surface area contributed by atoms with Crippen molar-refractivity contribution in [3.63, 3.8) is 0 Å². The van der Waals surface area contributed by atoms with Crippen molar-refractivity contribution in [3.8, 4) is 55.6 Å². The van der Waals surface area contributed by atoms with Crippen molar-refractivity contribution in [3.05, 3.63) is 204 Å². The second kappa shape index (κ2) is 13.3. The van der Waals surface area contributed by atoms with Gasteiger partial charge < -0.3 is 0 Å². The SMILES string of the molecule is CC1(C)c2cc(CCCc3ccc(-c4ccc(-c5ccccc5)cc4)cc3)ccc2-c2ccc(-c3ccc(-c4ccc5ccccc5c4)cc3)cc21. The van der Waals surface area contributed by atoms with E-state index in [0.29, 0.717) is 0 Å². The summed E-state index contributed by atoms with van der Waals surface area (Å²) in [7, 11) is 0. The summed E-state index contributed by atoms with van der Waals surface area (Å²) in [6, 6.07) is 67.3. The summed E-state index contributed by atoms with van der Waals surface area (Å²) in [6.07, 6.45) is 3.30. The molecule has 1 aliphatic carbocycles. The average molecular weight is 667 g/mol. The monoisotopic (exact) mass is 666 g/mol. The van der Waals surface area contributed by atoms with Gasteiger partial charge in [-0.15, -0.1) is 0 Å². The zero-order valence-electron chi connectivity index (χ0n) is 29.9. The Balaban J connectivity index is 0.860. The van der Waals surface area contributed by atoms with Gasteiger partial charge in [0.1, 0.15) is 0 Å². The molecule has 9 rings (SSSR count). The lowest BCUT2D eigenvalue weighted by Gasteiger charge is -2.22. The number of benzene rings is 8. The molecule has 0 atom stereocenters. The van der Waals surface area contributed by atoms with Crippen molar-refractivity contribution >= 4 is 10.8 Å². The summed E-state index contributed by atoms with van der Waals surface area (Å²) in [6.45, 7) is 4.79. The number of rotatable bonds is 8. The first-order valence-corrected chi connectivity index (χ1v) is 18.6. The lowest BCUT2D eigenvalue weighted by atomic mass is 9.81. The quantitative estimate of drug-likeness (QED) is 0.151. The Bertz CT molecular complexity index is 2520. The van der Waals surface area contributed by atoms with Crippen LogP contribution in [0.1, 0.15) is 42.5 Å². The molecule has 0 amide bonds. The van der Waals surface area contributed by atoms with Crippen LogP contribution < -0.4 is 0 Å². The summed E-state index contributed by atoms with van der Waals surface area (Å²) in [5.74, 6) is 0. The van der Waals surface area contributed by atoms with Crippen molar-refractivity contribution in [2.45, 2.75) is 38.5 Å². The first kappa shape index (κ1) is 32.0. The highest BCUT2D eigenvalue weighted by Gasteiger charge is 2.35. The van der Waals surface area contributed by atoms with E-state index in [1.807, 2.05) is 0 Å². The van der Waals surface area contributed by atoms with E-state index in [-0.39, 0.29) is 5.41 Å². The number of aryl methyl sites for hydroxylation is 2. The summed E-state index contributed by atoms with van der Waals surface area (Å²) in [5, 5.41) is 2.56. The van der Waals surface area contributed by atoms with Crippen LogP contribution in [0.2, 0.25) is 0 Å². The fraction of sp³-hybridized carbons (Fsp3) is 0.115.